The lowest BCUT2D eigenvalue weighted by Gasteiger charge is -2.27. The second kappa shape index (κ2) is 4.22. The van der Waals surface area contributed by atoms with Crippen molar-refractivity contribution >= 4 is 18.0 Å². The molecular formula is C11H15NOS. The van der Waals surface area contributed by atoms with Gasteiger partial charge in [0.05, 0.1) is 0 Å². The van der Waals surface area contributed by atoms with E-state index < -0.39 is 0 Å². The summed E-state index contributed by atoms with van der Waals surface area (Å²) in [6.07, 6.45) is 6.32. The zero-order valence-electron chi connectivity index (χ0n) is 8.40. The Labute approximate surface area is 89.0 Å². The molecule has 0 aromatic heterocycles. The molecule has 76 valence electrons. The van der Waals surface area contributed by atoms with E-state index in [0.29, 0.717) is 5.92 Å². The lowest BCUT2D eigenvalue weighted by Crippen LogP contribution is -2.25. The highest BCUT2D eigenvalue weighted by Crippen LogP contribution is 2.27. The fourth-order valence-electron chi connectivity index (χ4n) is 1.79. The first-order chi connectivity index (χ1) is 6.81. The van der Waals surface area contributed by atoms with Gasteiger partial charge in [-0.25, -0.2) is 0 Å². The fraction of sp³-hybridized carbons (Fsp3) is 0.545. The molecule has 0 aromatic carbocycles. The van der Waals surface area contributed by atoms with Gasteiger partial charge in [-0.1, -0.05) is 13.0 Å². The van der Waals surface area contributed by atoms with E-state index in [1.807, 2.05) is 18.0 Å². The molecule has 14 heavy (non-hydrogen) atoms. The van der Waals surface area contributed by atoms with Crippen molar-refractivity contribution in [3.05, 3.63) is 23.5 Å². The molecule has 2 nitrogen and oxygen atoms in total. The SMILES string of the molecule is CC1CC=C2CSCCN2C=C1C=O. The maximum Gasteiger partial charge on any atom is 0.147 e. The van der Waals surface area contributed by atoms with E-state index in [1.54, 1.807) is 0 Å². The predicted molar refractivity (Wildman–Crippen MR) is 60.0 cm³/mol. The topological polar surface area (TPSA) is 20.3 Å². The van der Waals surface area contributed by atoms with Gasteiger partial charge < -0.3 is 4.90 Å². The van der Waals surface area contributed by atoms with Crippen LogP contribution in [0.5, 0.6) is 0 Å². The van der Waals surface area contributed by atoms with Gasteiger partial charge in [0, 0.05) is 35.5 Å². The predicted octanol–water partition coefficient (Wildman–Crippen LogP) is 2.04. The van der Waals surface area contributed by atoms with Crippen LogP contribution >= 0.6 is 11.8 Å². The van der Waals surface area contributed by atoms with Gasteiger partial charge in [-0.15, -0.1) is 0 Å². The van der Waals surface area contributed by atoms with Gasteiger partial charge in [0.1, 0.15) is 6.29 Å². The number of hydrogen-bond donors (Lipinski definition) is 0. The van der Waals surface area contributed by atoms with Crippen molar-refractivity contribution in [2.75, 3.05) is 18.1 Å². The number of aldehydes is 1. The number of allylic oxidation sites excluding steroid dienone is 2. The number of fused-ring (bicyclic) bond motifs is 1. The number of rotatable bonds is 1. The Kier molecular flexibility index (Phi) is 2.96. The van der Waals surface area contributed by atoms with Crippen molar-refractivity contribution in [1.29, 1.82) is 0 Å². The van der Waals surface area contributed by atoms with Crippen LogP contribution in [0.25, 0.3) is 0 Å². The Morgan fingerprint density at radius 2 is 2.50 bits per heavy atom. The van der Waals surface area contributed by atoms with Gasteiger partial charge in [0.2, 0.25) is 0 Å². The van der Waals surface area contributed by atoms with Crippen molar-refractivity contribution in [3.63, 3.8) is 0 Å². The molecule has 0 amide bonds. The summed E-state index contributed by atoms with van der Waals surface area (Å²) in [4.78, 5) is 13.1. The first kappa shape index (κ1) is 9.84. The third-order valence-corrected chi connectivity index (χ3v) is 3.78. The molecule has 1 atom stereocenters. The summed E-state index contributed by atoms with van der Waals surface area (Å²) in [5, 5.41) is 0. The van der Waals surface area contributed by atoms with E-state index in [2.05, 4.69) is 17.9 Å². The number of carbonyl (C=O) groups excluding carboxylic acids is 1. The molecule has 0 bridgehead atoms. The van der Waals surface area contributed by atoms with Crippen LogP contribution in [0.15, 0.2) is 23.5 Å². The summed E-state index contributed by atoms with van der Waals surface area (Å²) >= 11 is 1.97. The number of thioether (sulfide) groups is 1. The zero-order chi connectivity index (χ0) is 9.97. The van der Waals surface area contributed by atoms with Crippen LogP contribution in [-0.4, -0.2) is 29.2 Å². The van der Waals surface area contributed by atoms with Crippen LogP contribution in [0.2, 0.25) is 0 Å². The molecule has 0 saturated carbocycles. The average Bonchev–Trinajstić information content (AvgIpc) is 2.38. The summed E-state index contributed by atoms with van der Waals surface area (Å²) in [5.74, 6) is 2.62. The third kappa shape index (κ3) is 1.87. The van der Waals surface area contributed by atoms with Gasteiger partial charge >= 0.3 is 0 Å². The fourth-order valence-corrected chi connectivity index (χ4v) is 2.76. The molecule has 1 fully saturated rings. The molecule has 0 N–H and O–H groups in total. The van der Waals surface area contributed by atoms with Gasteiger partial charge in [-0.3, -0.25) is 4.79 Å². The van der Waals surface area contributed by atoms with Crippen LogP contribution in [0, 0.1) is 5.92 Å². The molecule has 0 spiro atoms. The van der Waals surface area contributed by atoms with E-state index >= 15 is 0 Å². The van der Waals surface area contributed by atoms with E-state index in [4.69, 9.17) is 0 Å². The molecule has 1 unspecified atom stereocenters. The Hall–Kier alpha value is -0.700. The van der Waals surface area contributed by atoms with E-state index in [0.717, 1.165) is 36.3 Å². The quantitative estimate of drug-likeness (QED) is 0.616. The summed E-state index contributed by atoms with van der Waals surface area (Å²) in [7, 11) is 0. The van der Waals surface area contributed by atoms with Crippen molar-refractivity contribution in [2.24, 2.45) is 5.92 Å². The van der Waals surface area contributed by atoms with Crippen molar-refractivity contribution < 1.29 is 4.79 Å². The van der Waals surface area contributed by atoms with Crippen molar-refractivity contribution in [1.82, 2.24) is 4.90 Å². The summed E-state index contributed by atoms with van der Waals surface area (Å²) < 4.78 is 0. The van der Waals surface area contributed by atoms with E-state index in [9.17, 15) is 4.79 Å². The molecule has 2 heterocycles. The van der Waals surface area contributed by atoms with E-state index in [-0.39, 0.29) is 0 Å². The first-order valence-corrected chi connectivity index (χ1v) is 6.17. The maximum absolute atomic E-state index is 10.9. The second-order valence-corrected chi connectivity index (χ2v) is 4.93. The Balaban J connectivity index is 2.25. The van der Waals surface area contributed by atoms with Gasteiger partial charge in [0.15, 0.2) is 0 Å². The van der Waals surface area contributed by atoms with Gasteiger partial charge in [-0.05, 0) is 12.3 Å². The highest BCUT2D eigenvalue weighted by molar-refractivity contribution is 7.99. The molecule has 2 aliphatic heterocycles. The summed E-state index contributed by atoms with van der Waals surface area (Å²) in [6, 6.07) is 0. The van der Waals surface area contributed by atoms with Crippen LogP contribution in [0.1, 0.15) is 13.3 Å². The number of nitrogens with zero attached hydrogens (tertiary/aromatic N) is 1. The largest absolute Gasteiger partial charge is 0.350 e. The van der Waals surface area contributed by atoms with Gasteiger partial charge in [0.25, 0.3) is 0 Å². The van der Waals surface area contributed by atoms with Crippen LogP contribution < -0.4 is 0 Å². The molecule has 0 aliphatic carbocycles. The minimum Gasteiger partial charge on any atom is -0.350 e. The zero-order valence-corrected chi connectivity index (χ0v) is 9.22. The Bertz CT molecular complexity index is 296. The summed E-state index contributed by atoms with van der Waals surface area (Å²) in [6.45, 7) is 3.16. The molecule has 0 radical (unpaired) electrons. The Morgan fingerprint density at radius 1 is 1.64 bits per heavy atom. The minimum absolute atomic E-state index is 0.371. The van der Waals surface area contributed by atoms with E-state index in [1.165, 1.54) is 5.70 Å². The molecule has 2 rings (SSSR count). The second-order valence-electron chi connectivity index (χ2n) is 3.83. The third-order valence-electron chi connectivity index (χ3n) is 2.81. The molecule has 1 saturated heterocycles. The van der Waals surface area contributed by atoms with Crippen LogP contribution in [-0.2, 0) is 4.79 Å². The van der Waals surface area contributed by atoms with Crippen LogP contribution in [0.3, 0.4) is 0 Å². The normalized spacial score (nSPS) is 27.2. The monoisotopic (exact) mass is 209 g/mol. The minimum atomic E-state index is 0.371. The molecule has 3 heteroatoms. The smallest absolute Gasteiger partial charge is 0.147 e. The van der Waals surface area contributed by atoms with Crippen LogP contribution in [0.4, 0.5) is 0 Å². The van der Waals surface area contributed by atoms with Crippen molar-refractivity contribution in [2.45, 2.75) is 13.3 Å². The summed E-state index contributed by atoms with van der Waals surface area (Å²) in [5.41, 5.74) is 2.31. The number of hydrogen-bond acceptors (Lipinski definition) is 3. The molecular weight excluding hydrogens is 194 g/mol. The Morgan fingerprint density at radius 3 is 3.29 bits per heavy atom. The van der Waals surface area contributed by atoms with Gasteiger partial charge in [-0.2, -0.15) is 11.8 Å². The number of carbonyl (C=O) groups is 1. The highest BCUT2D eigenvalue weighted by atomic mass is 32.2. The molecule has 2 aliphatic rings. The highest BCUT2D eigenvalue weighted by Gasteiger charge is 2.19. The first-order valence-electron chi connectivity index (χ1n) is 5.01. The lowest BCUT2D eigenvalue weighted by atomic mass is 10.0. The van der Waals surface area contributed by atoms with Crippen molar-refractivity contribution in [3.8, 4) is 0 Å². The molecule has 0 aromatic rings. The lowest BCUT2D eigenvalue weighted by molar-refractivity contribution is -0.105. The maximum atomic E-state index is 10.9. The standard InChI is InChI=1S/C11H15NOS/c1-9-2-3-11-8-14-5-4-12(11)6-10(9)7-13/h3,6-7,9H,2,4-5,8H2,1H3. The average molecular weight is 209 g/mol.